The summed E-state index contributed by atoms with van der Waals surface area (Å²) in [6, 6.07) is 12.0. The van der Waals surface area contributed by atoms with Crippen LogP contribution in [-0.2, 0) is 10.2 Å². The van der Waals surface area contributed by atoms with Crippen molar-refractivity contribution in [3.8, 4) is 0 Å². The maximum Gasteiger partial charge on any atom is 0.141 e. The van der Waals surface area contributed by atoms with Crippen molar-refractivity contribution < 1.29 is 4.74 Å². The monoisotopic (exact) mass is 302 g/mol. The van der Waals surface area contributed by atoms with Crippen LogP contribution < -0.4 is 0 Å². The van der Waals surface area contributed by atoms with Crippen molar-refractivity contribution in [3.63, 3.8) is 0 Å². The molecular formula is C17H22N2OS. The lowest BCUT2D eigenvalue weighted by atomic mass is 9.92. The zero-order valence-corrected chi connectivity index (χ0v) is 13.8. The lowest BCUT2D eigenvalue weighted by molar-refractivity contribution is 0.0847. The van der Waals surface area contributed by atoms with Crippen LogP contribution in [0.5, 0.6) is 0 Å². The molecule has 0 aliphatic heterocycles. The Labute approximate surface area is 131 Å². The smallest absolute Gasteiger partial charge is 0.141 e. The fourth-order valence-corrected chi connectivity index (χ4v) is 2.35. The first-order valence-corrected chi connectivity index (χ1v) is 7.61. The number of benzene rings is 1. The average molecular weight is 302 g/mol. The highest BCUT2D eigenvalue weighted by Crippen LogP contribution is 2.26. The second kappa shape index (κ2) is 6.50. The summed E-state index contributed by atoms with van der Waals surface area (Å²) in [7, 11) is 0. The summed E-state index contributed by atoms with van der Waals surface area (Å²) in [6.45, 7) is 9.04. The number of aromatic amines is 1. The van der Waals surface area contributed by atoms with Crippen molar-refractivity contribution in [1.82, 2.24) is 9.97 Å². The molecule has 2 rings (SSSR count). The predicted octanol–water partition coefficient (Wildman–Crippen LogP) is 4.56. The summed E-state index contributed by atoms with van der Waals surface area (Å²) in [4.78, 5) is 7.88. The fraction of sp³-hybridized carbons (Fsp3) is 0.412. The van der Waals surface area contributed by atoms with E-state index in [4.69, 9.17) is 17.0 Å². The molecule has 21 heavy (non-hydrogen) atoms. The molecule has 0 saturated carbocycles. The molecule has 0 saturated heterocycles. The molecule has 0 aliphatic rings. The Bertz CT molecular complexity index is 644. The second-order valence-electron chi connectivity index (χ2n) is 6.01. The van der Waals surface area contributed by atoms with Gasteiger partial charge in [-0.05, 0) is 18.6 Å². The van der Waals surface area contributed by atoms with Crippen molar-refractivity contribution in [1.29, 1.82) is 0 Å². The first kappa shape index (κ1) is 15.9. The van der Waals surface area contributed by atoms with E-state index in [-0.39, 0.29) is 11.5 Å². The molecule has 1 aromatic carbocycles. The van der Waals surface area contributed by atoms with Crippen molar-refractivity contribution in [2.75, 3.05) is 6.61 Å². The van der Waals surface area contributed by atoms with Crippen molar-refractivity contribution in [2.45, 2.75) is 39.2 Å². The molecule has 1 atom stereocenters. The molecule has 1 N–H and O–H groups in total. The number of H-pyrrole nitrogens is 1. The average Bonchev–Trinajstić information content (AvgIpc) is 2.44. The van der Waals surface area contributed by atoms with Crippen LogP contribution in [0, 0.1) is 4.64 Å². The van der Waals surface area contributed by atoms with Gasteiger partial charge in [-0.2, -0.15) is 0 Å². The number of hydrogen-bond donors (Lipinski definition) is 1. The van der Waals surface area contributed by atoms with Gasteiger partial charge in [-0.1, -0.05) is 63.3 Å². The summed E-state index contributed by atoms with van der Waals surface area (Å²) in [5.41, 5.74) is 2.13. The third-order valence-electron chi connectivity index (χ3n) is 3.25. The fourth-order valence-electron chi connectivity index (χ4n) is 2.13. The molecule has 0 spiro atoms. The standard InChI is InChI=1S/C17H22N2OS/c1-5-20-15(12-9-7-6-8-10-12)16-18-13(17(2,3)4)11-14(21)19-16/h6-11,15H,5H2,1-4H3,(H,18,19,21). The van der Waals surface area contributed by atoms with Crippen LogP contribution in [0.15, 0.2) is 36.4 Å². The Morgan fingerprint density at radius 3 is 2.48 bits per heavy atom. The van der Waals surface area contributed by atoms with Gasteiger partial charge in [-0.15, -0.1) is 0 Å². The lowest BCUT2D eigenvalue weighted by Crippen LogP contribution is -2.18. The molecule has 1 unspecified atom stereocenters. The number of ether oxygens (including phenoxy) is 1. The van der Waals surface area contributed by atoms with Crippen molar-refractivity contribution in [3.05, 3.63) is 58.1 Å². The third kappa shape index (κ3) is 3.99. The van der Waals surface area contributed by atoms with Crippen LogP contribution >= 0.6 is 12.2 Å². The molecule has 0 fully saturated rings. The van der Waals surface area contributed by atoms with E-state index in [0.717, 1.165) is 17.1 Å². The van der Waals surface area contributed by atoms with E-state index in [0.29, 0.717) is 11.2 Å². The highest BCUT2D eigenvalue weighted by molar-refractivity contribution is 7.71. The minimum atomic E-state index is -0.222. The van der Waals surface area contributed by atoms with Gasteiger partial charge in [-0.3, -0.25) is 0 Å². The normalized spacial score (nSPS) is 13.1. The summed E-state index contributed by atoms with van der Waals surface area (Å²) < 4.78 is 6.49. The van der Waals surface area contributed by atoms with E-state index in [1.165, 1.54) is 0 Å². The zero-order chi connectivity index (χ0) is 15.5. The van der Waals surface area contributed by atoms with Gasteiger partial charge < -0.3 is 9.72 Å². The van der Waals surface area contributed by atoms with Gasteiger partial charge in [0.15, 0.2) is 0 Å². The molecular weight excluding hydrogens is 280 g/mol. The van der Waals surface area contributed by atoms with Crippen LogP contribution in [-0.4, -0.2) is 16.6 Å². The first-order valence-electron chi connectivity index (χ1n) is 7.20. The van der Waals surface area contributed by atoms with Crippen LogP contribution in [0.1, 0.15) is 50.9 Å². The number of nitrogens with one attached hydrogen (secondary N) is 1. The lowest BCUT2D eigenvalue weighted by Gasteiger charge is -2.22. The Morgan fingerprint density at radius 1 is 1.24 bits per heavy atom. The van der Waals surface area contributed by atoms with E-state index < -0.39 is 0 Å². The number of aromatic nitrogens is 2. The van der Waals surface area contributed by atoms with Crippen LogP contribution in [0.3, 0.4) is 0 Å². The predicted molar refractivity (Wildman–Crippen MR) is 88.0 cm³/mol. The molecule has 1 heterocycles. The van der Waals surface area contributed by atoms with Gasteiger partial charge in [0.25, 0.3) is 0 Å². The van der Waals surface area contributed by atoms with Crippen molar-refractivity contribution in [2.24, 2.45) is 0 Å². The molecule has 0 amide bonds. The van der Waals surface area contributed by atoms with Crippen molar-refractivity contribution >= 4 is 12.2 Å². The molecule has 3 nitrogen and oxygen atoms in total. The Morgan fingerprint density at radius 2 is 1.90 bits per heavy atom. The van der Waals surface area contributed by atoms with Gasteiger partial charge in [-0.25, -0.2) is 4.98 Å². The van der Waals surface area contributed by atoms with Gasteiger partial charge >= 0.3 is 0 Å². The minimum absolute atomic E-state index is 0.0152. The van der Waals surface area contributed by atoms with Crippen LogP contribution in [0.4, 0.5) is 0 Å². The number of nitrogens with zero attached hydrogens (tertiary/aromatic N) is 1. The van der Waals surface area contributed by atoms with Gasteiger partial charge in [0.05, 0.1) is 0 Å². The molecule has 4 heteroatoms. The highest BCUT2D eigenvalue weighted by atomic mass is 32.1. The topological polar surface area (TPSA) is 37.9 Å². The molecule has 0 aliphatic carbocycles. The number of hydrogen-bond acceptors (Lipinski definition) is 3. The summed E-state index contributed by atoms with van der Waals surface area (Å²) in [5, 5.41) is 0. The van der Waals surface area contributed by atoms with E-state index in [9.17, 15) is 0 Å². The van der Waals surface area contributed by atoms with Crippen LogP contribution in [0.2, 0.25) is 0 Å². The molecule has 112 valence electrons. The van der Waals surface area contributed by atoms with Crippen LogP contribution in [0.25, 0.3) is 0 Å². The Kier molecular flexibility index (Phi) is 4.91. The van der Waals surface area contributed by atoms with E-state index in [1.807, 2.05) is 43.3 Å². The van der Waals surface area contributed by atoms with Gasteiger partial charge in [0, 0.05) is 17.7 Å². The van der Waals surface area contributed by atoms with E-state index >= 15 is 0 Å². The van der Waals surface area contributed by atoms with Gasteiger partial charge in [0.2, 0.25) is 0 Å². The summed E-state index contributed by atoms with van der Waals surface area (Å²) in [5.74, 6) is 0.764. The zero-order valence-electron chi connectivity index (χ0n) is 13.0. The minimum Gasteiger partial charge on any atom is -0.366 e. The maximum absolute atomic E-state index is 5.90. The molecule has 1 aromatic heterocycles. The summed E-state index contributed by atoms with van der Waals surface area (Å²) in [6.07, 6.45) is -0.222. The Balaban J connectivity index is 2.51. The van der Waals surface area contributed by atoms with Gasteiger partial charge in [0.1, 0.15) is 16.6 Å². The SMILES string of the molecule is CCOC(c1ccccc1)c1nc(=S)cc(C(C)(C)C)[nH]1. The summed E-state index contributed by atoms with van der Waals surface area (Å²) >= 11 is 5.32. The van der Waals surface area contributed by atoms with E-state index in [1.54, 1.807) is 0 Å². The maximum atomic E-state index is 5.90. The first-order chi connectivity index (χ1) is 9.91. The van der Waals surface area contributed by atoms with E-state index in [2.05, 4.69) is 30.7 Å². The second-order valence-corrected chi connectivity index (χ2v) is 6.43. The number of rotatable bonds is 4. The quantitative estimate of drug-likeness (QED) is 0.841. The molecule has 0 bridgehead atoms. The molecule has 2 aromatic rings. The third-order valence-corrected chi connectivity index (χ3v) is 3.46. The highest BCUT2D eigenvalue weighted by Gasteiger charge is 2.20. The molecule has 0 radical (unpaired) electrons. The Hall–Kier alpha value is -1.52. The largest absolute Gasteiger partial charge is 0.366 e.